The van der Waals surface area contributed by atoms with Gasteiger partial charge in [-0.05, 0) is 55.0 Å². The van der Waals surface area contributed by atoms with E-state index in [-0.39, 0.29) is 29.0 Å². The predicted molar refractivity (Wildman–Crippen MR) is 162 cm³/mol. The number of thioether (sulfide) groups is 1. The van der Waals surface area contributed by atoms with Crippen molar-refractivity contribution in [3.05, 3.63) is 119 Å². The lowest BCUT2D eigenvalue weighted by Crippen LogP contribution is -2.26. The van der Waals surface area contributed by atoms with Crippen molar-refractivity contribution in [2.45, 2.75) is 17.8 Å². The van der Waals surface area contributed by atoms with Gasteiger partial charge in [-0.1, -0.05) is 71.9 Å². The van der Waals surface area contributed by atoms with E-state index in [4.69, 9.17) is 0 Å². The average Bonchev–Trinajstić information content (AvgIpc) is 3.39. The van der Waals surface area contributed by atoms with Crippen LogP contribution >= 0.6 is 23.1 Å². The van der Waals surface area contributed by atoms with Gasteiger partial charge in [0.25, 0.3) is 11.8 Å². The fourth-order valence-corrected chi connectivity index (χ4v) is 5.86. The van der Waals surface area contributed by atoms with Crippen LogP contribution in [0.2, 0.25) is 0 Å². The van der Waals surface area contributed by atoms with Gasteiger partial charge < -0.3 is 16.0 Å². The van der Waals surface area contributed by atoms with Crippen molar-refractivity contribution in [2.75, 3.05) is 16.4 Å². The molecule has 5 aromatic rings. The zero-order valence-electron chi connectivity index (χ0n) is 21.6. The van der Waals surface area contributed by atoms with Crippen LogP contribution in [0.4, 0.5) is 11.4 Å². The van der Waals surface area contributed by atoms with Crippen molar-refractivity contribution in [3.8, 4) is 0 Å². The number of hydrogen-bond donors (Lipinski definition) is 3. The highest BCUT2D eigenvalue weighted by atomic mass is 32.2. The number of thiazole rings is 1. The molecule has 3 N–H and O–H groups in total. The zero-order valence-corrected chi connectivity index (χ0v) is 23.3. The van der Waals surface area contributed by atoms with E-state index in [1.165, 1.54) is 23.1 Å². The number of amides is 3. The Morgan fingerprint density at radius 3 is 2.20 bits per heavy atom. The van der Waals surface area contributed by atoms with E-state index in [1.807, 2.05) is 73.7 Å². The van der Waals surface area contributed by atoms with Crippen LogP contribution < -0.4 is 16.0 Å². The molecule has 0 unspecified atom stereocenters. The molecule has 0 saturated carbocycles. The van der Waals surface area contributed by atoms with Crippen LogP contribution in [0.5, 0.6) is 0 Å². The summed E-state index contributed by atoms with van der Waals surface area (Å²) in [7, 11) is 0. The van der Waals surface area contributed by atoms with Crippen molar-refractivity contribution < 1.29 is 14.4 Å². The normalized spacial score (nSPS) is 10.7. The summed E-state index contributed by atoms with van der Waals surface area (Å²) in [6.07, 6.45) is 0. The lowest BCUT2D eigenvalue weighted by atomic mass is 10.1. The molecule has 0 aliphatic carbocycles. The first-order valence-electron chi connectivity index (χ1n) is 12.6. The summed E-state index contributed by atoms with van der Waals surface area (Å²) < 4.78 is 1.64. The first kappa shape index (κ1) is 27.1. The second-order valence-electron chi connectivity index (χ2n) is 9.03. The number of carbonyl (C=O) groups is 3. The maximum atomic E-state index is 13.1. The third-order valence-corrected chi connectivity index (χ3v) is 8.16. The average molecular weight is 567 g/mol. The third kappa shape index (κ3) is 6.93. The highest BCUT2D eigenvalue weighted by Gasteiger charge is 2.17. The molecular formula is C31H26N4O3S2. The molecule has 0 aliphatic rings. The Bertz CT molecular complexity index is 1670. The van der Waals surface area contributed by atoms with E-state index in [0.717, 1.165) is 31.4 Å². The molecule has 0 saturated heterocycles. The van der Waals surface area contributed by atoms with E-state index < -0.39 is 0 Å². The van der Waals surface area contributed by atoms with Gasteiger partial charge in [-0.25, -0.2) is 4.98 Å². The summed E-state index contributed by atoms with van der Waals surface area (Å²) in [5, 5.41) is 8.67. The van der Waals surface area contributed by atoms with Gasteiger partial charge in [-0.15, -0.1) is 11.3 Å². The molecule has 7 nitrogen and oxygen atoms in total. The highest BCUT2D eigenvalue weighted by Crippen LogP contribution is 2.31. The van der Waals surface area contributed by atoms with E-state index in [9.17, 15) is 14.4 Å². The Labute approximate surface area is 240 Å². The van der Waals surface area contributed by atoms with Gasteiger partial charge in [0.05, 0.1) is 27.1 Å². The Morgan fingerprint density at radius 1 is 0.775 bits per heavy atom. The van der Waals surface area contributed by atoms with Gasteiger partial charge in [0.15, 0.2) is 4.34 Å². The standard InChI is InChI=1S/C31H26N4O3S2/c1-20-11-13-22(14-12-20)33-28(36)19-39-31-35-26-16-15-23(17-27(26)40-31)34-30(38)25-10-6-5-9-24(25)29(37)32-18-21-7-3-2-4-8-21/h2-17H,18-19H2,1H3,(H,32,37)(H,33,36)(H,34,38). The van der Waals surface area contributed by atoms with Crippen LogP contribution in [0.25, 0.3) is 10.2 Å². The van der Waals surface area contributed by atoms with Crippen LogP contribution in [0.3, 0.4) is 0 Å². The maximum Gasteiger partial charge on any atom is 0.256 e. The summed E-state index contributed by atoms with van der Waals surface area (Å²) in [6.45, 7) is 2.36. The molecule has 0 radical (unpaired) electrons. The van der Waals surface area contributed by atoms with Crippen molar-refractivity contribution in [3.63, 3.8) is 0 Å². The predicted octanol–water partition coefficient (Wildman–Crippen LogP) is 6.52. The first-order valence-corrected chi connectivity index (χ1v) is 14.4. The van der Waals surface area contributed by atoms with Crippen molar-refractivity contribution >= 4 is 62.4 Å². The SMILES string of the molecule is Cc1ccc(NC(=O)CSc2nc3ccc(NC(=O)c4ccccc4C(=O)NCc4ccccc4)cc3s2)cc1. The molecule has 1 heterocycles. The molecule has 5 rings (SSSR count). The fourth-order valence-electron chi connectivity index (χ4n) is 3.96. The van der Waals surface area contributed by atoms with Gasteiger partial charge in [-0.2, -0.15) is 0 Å². The van der Waals surface area contributed by atoms with Gasteiger partial charge in [-0.3, -0.25) is 14.4 Å². The molecule has 0 bridgehead atoms. The summed E-state index contributed by atoms with van der Waals surface area (Å²) in [6, 6.07) is 29.4. The molecule has 200 valence electrons. The first-order chi connectivity index (χ1) is 19.4. The van der Waals surface area contributed by atoms with Crippen molar-refractivity contribution in [2.24, 2.45) is 0 Å². The Balaban J connectivity index is 1.21. The van der Waals surface area contributed by atoms with E-state index in [0.29, 0.717) is 17.8 Å². The Kier molecular flexibility index (Phi) is 8.53. The molecule has 40 heavy (non-hydrogen) atoms. The number of fused-ring (bicyclic) bond motifs is 1. The topological polar surface area (TPSA) is 100 Å². The zero-order chi connectivity index (χ0) is 27.9. The van der Waals surface area contributed by atoms with Gasteiger partial charge in [0, 0.05) is 17.9 Å². The van der Waals surface area contributed by atoms with E-state index >= 15 is 0 Å². The Morgan fingerprint density at radius 2 is 1.45 bits per heavy atom. The summed E-state index contributed by atoms with van der Waals surface area (Å²) in [5.41, 5.74) is 4.83. The number of aromatic nitrogens is 1. The lowest BCUT2D eigenvalue weighted by Gasteiger charge is -2.11. The summed E-state index contributed by atoms with van der Waals surface area (Å²) in [5.74, 6) is -0.565. The minimum absolute atomic E-state index is 0.104. The number of nitrogens with zero attached hydrogens (tertiary/aromatic N) is 1. The lowest BCUT2D eigenvalue weighted by molar-refractivity contribution is -0.113. The smallest absolute Gasteiger partial charge is 0.256 e. The van der Waals surface area contributed by atoms with E-state index in [2.05, 4.69) is 20.9 Å². The highest BCUT2D eigenvalue weighted by molar-refractivity contribution is 8.01. The molecule has 4 aromatic carbocycles. The second kappa shape index (κ2) is 12.6. The number of carbonyl (C=O) groups excluding carboxylic acids is 3. The summed E-state index contributed by atoms with van der Waals surface area (Å²) >= 11 is 2.82. The number of anilines is 2. The quantitative estimate of drug-likeness (QED) is 0.177. The number of benzene rings is 4. The molecule has 1 aromatic heterocycles. The molecule has 0 fully saturated rings. The van der Waals surface area contributed by atoms with Crippen LogP contribution in [-0.2, 0) is 11.3 Å². The van der Waals surface area contributed by atoms with Gasteiger partial charge >= 0.3 is 0 Å². The maximum absolute atomic E-state index is 13.1. The van der Waals surface area contributed by atoms with Gasteiger partial charge in [0.2, 0.25) is 5.91 Å². The monoisotopic (exact) mass is 566 g/mol. The molecule has 3 amide bonds. The minimum Gasteiger partial charge on any atom is -0.348 e. The fraction of sp³-hybridized carbons (Fsp3) is 0.0968. The van der Waals surface area contributed by atoms with Crippen LogP contribution in [-0.4, -0.2) is 28.5 Å². The number of nitrogens with one attached hydrogen (secondary N) is 3. The Hall–Kier alpha value is -4.47. The van der Waals surface area contributed by atoms with E-state index in [1.54, 1.807) is 30.3 Å². The molecule has 9 heteroatoms. The van der Waals surface area contributed by atoms with Crippen LogP contribution in [0, 0.1) is 6.92 Å². The number of aryl methyl sites for hydroxylation is 1. The van der Waals surface area contributed by atoms with Crippen molar-refractivity contribution in [1.82, 2.24) is 10.3 Å². The number of hydrogen-bond acceptors (Lipinski definition) is 6. The molecule has 0 aliphatic heterocycles. The second-order valence-corrected chi connectivity index (χ2v) is 11.3. The molecular weight excluding hydrogens is 541 g/mol. The third-order valence-electron chi connectivity index (χ3n) is 6.00. The largest absolute Gasteiger partial charge is 0.348 e. The van der Waals surface area contributed by atoms with Gasteiger partial charge in [0.1, 0.15) is 0 Å². The molecule has 0 spiro atoms. The minimum atomic E-state index is -0.378. The number of rotatable bonds is 9. The summed E-state index contributed by atoms with van der Waals surface area (Å²) in [4.78, 5) is 43.0. The van der Waals surface area contributed by atoms with Crippen LogP contribution in [0.1, 0.15) is 31.8 Å². The van der Waals surface area contributed by atoms with Crippen LogP contribution in [0.15, 0.2) is 101 Å². The van der Waals surface area contributed by atoms with Crippen molar-refractivity contribution in [1.29, 1.82) is 0 Å². The molecule has 0 atom stereocenters.